The molecule has 0 bridgehead atoms. The zero-order chi connectivity index (χ0) is 20.4. The Morgan fingerprint density at radius 3 is 2.83 bits per heavy atom. The molecule has 0 unspecified atom stereocenters. The summed E-state index contributed by atoms with van der Waals surface area (Å²) < 4.78 is 7.61. The number of carbonyl (C=O) groups excluding carboxylic acids is 1. The van der Waals surface area contributed by atoms with Gasteiger partial charge in [-0.1, -0.05) is 12.1 Å². The maximum absolute atomic E-state index is 12.6. The first-order valence-electron chi connectivity index (χ1n) is 9.02. The number of nitrogens with zero attached hydrogens (tertiary/aromatic N) is 3. The molecular weight excluding hydrogens is 404 g/mol. The van der Waals surface area contributed by atoms with E-state index in [1.54, 1.807) is 10.9 Å². The lowest BCUT2D eigenvalue weighted by Crippen LogP contribution is -2.09. The van der Waals surface area contributed by atoms with Crippen molar-refractivity contribution in [3.05, 3.63) is 69.0 Å². The zero-order valence-corrected chi connectivity index (χ0v) is 17.9. The van der Waals surface area contributed by atoms with Gasteiger partial charge in [0.15, 0.2) is 5.13 Å². The number of amides is 1. The molecule has 0 radical (unpaired) electrons. The van der Waals surface area contributed by atoms with E-state index in [1.165, 1.54) is 22.7 Å². The van der Waals surface area contributed by atoms with Gasteiger partial charge in [0.25, 0.3) is 5.91 Å². The van der Waals surface area contributed by atoms with E-state index in [9.17, 15) is 4.79 Å². The van der Waals surface area contributed by atoms with E-state index in [0.29, 0.717) is 16.6 Å². The molecule has 3 aromatic heterocycles. The summed E-state index contributed by atoms with van der Waals surface area (Å²) in [4.78, 5) is 17.7. The SMILES string of the molecule is Cc1cccc(OCc2csc(C(=O)Nc3nc(-c4cnn(C)c4C)cs3)c2)c1. The maximum atomic E-state index is 12.6. The van der Waals surface area contributed by atoms with E-state index >= 15 is 0 Å². The molecule has 0 saturated carbocycles. The van der Waals surface area contributed by atoms with Crippen molar-refractivity contribution in [2.75, 3.05) is 5.32 Å². The van der Waals surface area contributed by atoms with Crippen LogP contribution < -0.4 is 10.1 Å². The third kappa shape index (κ3) is 4.38. The quantitative estimate of drug-likeness (QED) is 0.470. The summed E-state index contributed by atoms with van der Waals surface area (Å²) in [6, 6.07) is 9.77. The molecule has 6 nitrogen and oxygen atoms in total. The Bertz CT molecular complexity index is 1160. The number of aryl methyl sites for hydroxylation is 2. The predicted octanol–water partition coefficient (Wildman–Crippen LogP) is 5.05. The van der Waals surface area contributed by atoms with Gasteiger partial charge in [-0.3, -0.25) is 14.8 Å². The van der Waals surface area contributed by atoms with Crippen LogP contribution in [0.1, 0.15) is 26.5 Å². The Balaban J connectivity index is 1.39. The number of carbonyl (C=O) groups is 1. The Kier molecular flexibility index (Phi) is 5.46. The normalized spacial score (nSPS) is 10.9. The molecule has 1 N–H and O–H groups in total. The van der Waals surface area contributed by atoms with Crippen molar-refractivity contribution in [2.24, 2.45) is 7.05 Å². The second-order valence-electron chi connectivity index (χ2n) is 6.68. The molecule has 148 valence electrons. The summed E-state index contributed by atoms with van der Waals surface area (Å²) >= 11 is 2.80. The fourth-order valence-corrected chi connectivity index (χ4v) is 4.30. The molecule has 8 heteroatoms. The van der Waals surface area contributed by atoms with Crippen LogP contribution in [-0.4, -0.2) is 20.7 Å². The van der Waals surface area contributed by atoms with E-state index in [-0.39, 0.29) is 5.91 Å². The topological polar surface area (TPSA) is 69.0 Å². The molecule has 3 heterocycles. The average molecular weight is 425 g/mol. The molecule has 29 heavy (non-hydrogen) atoms. The number of thiazole rings is 1. The monoisotopic (exact) mass is 424 g/mol. The van der Waals surface area contributed by atoms with E-state index in [4.69, 9.17) is 4.74 Å². The van der Waals surface area contributed by atoms with Crippen LogP contribution in [0.15, 0.2) is 47.3 Å². The van der Waals surface area contributed by atoms with Crippen LogP contribution in [0.3, 0.4) is 0 Å². The van der Waals surface area contributed by atoms with Crippen LogP contribution in [0, 0.1) is 13.8 Å². The number of anilines is 1. The highest BCUT2D eigenvalue weighted by Crippen LogP contribution is 2.28. The van der Waals surface area contributed by atoms with Gasteiger partial charge in [0, 0.05) is 29.2 Å². The minimum absolute atomic E-state index is 0.166. The molecule has 4 rings (SSSR count). The third-order valence-electron chi connectivity index (χ3n) is 4.51. The lowest BCUT2D eigenvalue weighted by molar-refractivity contribution is 0.103. The fourth-order valence-electron chi connectivity index (χ4n) is 2.81. The highest BCUT2D eigenvalue weighted by atomic mass is 32.1. The van der Waals surface area contributed by atoms with Crippen molar-refractivity contribution < 1.29 is 9.53 Å². The first kappa shape index (κ1) is 19.4. The highest BCUT2D eigenvalue weighted by Gasteiger charge is 2.14. The van der Waals surface area contributed by atoms with Crippen LogP contribution in [0.2, 0.25) is 0 Å². The van der Waals surface area contributed by atoms with E-state index in [2.05, 4.69) is 15.4 Å². The number of benzene rings is 1. The molecule has 1 aromatic carbocycles. The van der Waals surface area contributed by atoms with Gasteiger partial charge in [0.1, 0.15) is 12.4 Å². The van der Waals surface area contributed by atoms with Crippen LogP contribution in [0.5, 0.6) is 5.75 Å². The Hall–Kier alpha value is -2.97. The molecule has 0 fully saturated rings. The molecule has 0 aliphatic heterocycles. The Morgan fingerprint density at radius 2 is 2.07 bits per heavy atom. The molecule has 0 saturated heterocycles. The van der Waals surface area contributed by atoms with Crippen molar-refractivity contribution in [2.45, 2.75) is 20.5 Å². The summed E-state index contributed by atoms with van der Waals surface area (Å²) in [5.74, 6) is 0.656. The van der Waals surface area contributed by atoms with Crippen LogP contribution in [0.25, 0.3) is 11.3 Å². The molecule has 0 spiro atoms. The minimum atomic E-state index is -0.166. The van der Waals surface area contributed by atoms with Gasteiger partial charge in [0.05, 0.1) is 16.8 Å². The van der Waals surface area contributed by atoms with Crippen molar-refractivity contribution in [3.63, 3.8) is 0 Å². The van der Waals surface area contributed by atoms with Crippen molar-refractivity contribution in [1.82, 2.24) is 14.8 Å². The van der Waals surface area contributed by atoms with Crippen LogP contribution in [0.4, 0.5) is 5.13 Å². The second-order valence-corrected chi connectivity index (χ2v) is 8.45. The molecular formula is C21H20N4O2S2. The van der Waals surface area contributed by atoms with E-state index in [1.807, 2.05) is 62.0 Å². The number of rotatable bonds is 6. The standard InChI is InChI=1S/C21H20N4O2S2/c1-13-5-4-6-16(7-13)27-10-15-8-19(28-11-15)20(26)24-21-23-18(12-29-21)17-9-22-25(3)14(17)2/h4-9,11-12H,10H2,1-3H3,(H,23,24,26). The minimum Gasteiger partial charge on any atom is -0.489 e. The van der Waals surface area contributed by atoms with Gasteiger partial charge >= 0.3 is 0 Å². The largest absolute Gasteiger partial charge is 0.489 e. The van der Waals surface area contributed by atoms with Gasteiger partial charge in [0.2, 0.25) is 0 Å². The number of ether oxygens (including phenoxy) is 1. The molecule has 0 atom stereocenters. The summed E-state index contributed by atoms with van der Waals surface area (Å²) in [5, 5.41) is 11.6. The van der Waals surface area contributed by atoms with Crippen molar-refractivity contribution in [1.29, 1.82) is 0 Å². The second kappa shape index (κ2) is 8.18. The molecule has 1 amide bonds. The first-order chi connectivity index (χ1) is 14.0. The van der Waals surface area contributed by atoms with Gasteiger partial charge < -0.3 is 4.74 Å². The Labute approximate surface area is 176 Å². The predicted molar refractivity (Wildman–Crippen MR) is 117 cm³/mol. The summed E-state index contributed by atoms with van der Waals surface area (Å²) in [7, 11) is 1.89. The summed E-state index contributed by atoms with van der Waals surface area (Å²) in [6.07, 6.45) is 1.79. The van der Waals surface area contributed by atoms with Crippen LogP contribution >= 0.6 is 22.7 Å². The highest BCUT2D eigenvalue weighted by molar-refractivity contribution is 7.14. The number of hydrogen-bond acceptors (Lipinski definition) is 6. The smallest absolute Gasteiger partial charge is 0.267 e. The van der Waals surface area contributed by atoms with Gasteiger partial charge in [-0.25, -0.2) is 4.98 Å². The van der Waals surface area contributed by atoms with Crippen molar-refractivity contribution >= 4 is 33.7 Å². The third-order valence-corrected chi connectivity index (χ3v) is 6.24. The molecule has 4 aromatic rings. The number of nitrogens with one attached hydrogen (secondary N) is 1. The van der Waals surface area contributed by atoms with E-state index in [0.717, 1.165) is 33.8 Å². The van der Waals surface area contributed by atoms with E-state index < -0.39 is 0 Å². The average Bonchev–Trinajstić information content (AvgIpc) is 3.42. The summed E-state index contributed by atoms with van der Waals surface area (Å²) in [6.45, 7) is 4.44. The van der Waals surface area contributed by atoms with Gasteiger partial charge in [-0.05, 0) is 43.0 Å². The Morgan fingerprint density at radius 1 is 1.21 bits per heavy atom. The van der Waals surface area contributed by atoms with Gasteiger partial charge in [-0.15, -0.1) is 22.7 Å². The molecule has 0 aliphatic carbocycles. The zero-order valence-electron chi connectivity index (χ0n) is 16.3. The fraction of sp³-hybridized carbons (Fsp3) is 0.190. The number of aromatic nitrogens is 3. The number of hydrogen-bond donors (Lipinski definition) is 1. The van der Waals surface area contributed by atoms with Crippen LogP contribution in [-0.2, 0) is 13.7 Å². The molecule has 0 aliphatic rings. The van der Waals surface area contributed by atoms with Crippen molar-refractivity contribution in [3.8, 4) is 17.0 Å². The number of thiophene rings is 1. The lowest BCUT2D eigenvalue weighted by atomic mass is 10.2. The summed E-state index contributed by atoms with van der Waals surface area (Å²) in [5.41, 5.74) is 4.93. The first-order valence-corrected chi connectivity index (χ1v) is 10.8. The maximum Gasteiger partial charge on any atom is 0.267 e. The lowest BCUT2D eigenvalue weighted by Gasteiger charge is -2.05. The van der Waals surface area contributed by atoms with Gasteiger partial charge in [-0.2, -0.15) is 5.10 Å².